The second kappa shape index (κ2) is 4.67. The van der Waals surface area contributed by atoms with Gasteiger partial charge in [-0.3, -0.25) is 0 Å². The summed E-state index contributed by atoms with van der Waals surface area (Å²) in [5.41, 5.74) is 4.39. The van der Waals surface area contributed by atoms with Crippen LogP contribution in [0, 0.1) is 6.92 Å². The molecule has 0 spiro atoms. The topological polar surface area (TPSA) is 25.8 Å². The Morgan fingerprint density at radius 2 is 1.52 bits per heavy atom. The van der Waals surface area contributed by atoms with Gasteiger partial charge in [-0.1, -0.05) is 48.5 Å². The summed E-state index contributed by atoms with van der Waals surface area (Å²) < 4.78 is 0. The lowest BCUT2D eigenvalue weighted by molar-refractivity contribution is 1.23. The van der Waals surface area contributed by atoms with Crippen LogP contribution in [-0.2, 0) is 0 Å². The Morgan fingerprint density at radius 3 is 2.43 bits per heavy atom. The summed E-state index contributed by atoms with van der Waals surface area (Å²) in [6.45, 7) is 2.12. The first-order valence-electron chi connectivity index (χ1n) is 7.02. The molecule has 0 amide bonds. The standard InChI is InChI=1S/C19H14N2/c1-13-10-14-6-2-3-7-15(14)17(11-13)19-16-8-4-5-9-18(16)20-12-21-19/h2-12H,1H3. The van der Waals surface area contributed by atoms with Gasteiger partial charge in [0.1, 0.15) is 6.33 Å². The van der Waals surface area contributed by atoms with Gasteiger partial charge in [0, 0.05) is 10.9 Å². The number of fused-ring (bicyclic) bond motifs is 2. The van der Waals surface area contributed by atoms with Crippen LogP contribution >= 0.6 is 0 Å². The maximum Gasteiger partial charge on any atom is 0.116 e. The van der Waals surface area contributed by atoms with E-state index in [9.17, 15) is 0 Å². The van der Waals surface area contributed by atoms with Crippen molar-refractivity contribution in [2.24, 2.45) is 0 Å². The number of aryl methyl sites for hydroxylation is 1. The molecule has 2 heteroatoms. The van der Waals surface area contributed by atoms with Crippen molar-refractivity contribution in [3.8, 4) is 11.3 Å². The molecule has 3 aromatic carbocycles. The summed E-state index contributed by atoms with van der Waals surface area (Å²) in [5, 5.41) is 3.57. The fourth-order valence-electron chi connectivity index (χ4n) is 2.88. The number of para-hydroxylation sites is 1. The molecule has 0 bridgehead atoms. The lowest BCUT2D eigenvalue weighted by Crippen LogP contribution is -1.91. The highest BCUT2D eigenvalue weighted by Crippen LogP contribution is 2.32. The van der Waals surface area contributed by atoms with E-state index in [1.807, 2.05) is 18.2 Å². The third kappa shape index (κ3) is 1.96. The molecule has 0 saturated carbocycles. The minimum absolute atomic E-state index is 0.980. The first-order chi connectivity index (χ1) is 10.3. The van der Waals surface area contributed by atoms with Crippen molar-refractivity contribution in [1.29, 1.82) is 0 Å². The maximum atomic E-state index is 4.56. The number of nitrogens with zero attached hydrogens (tertiary/aromatic N) is 2. The Labute approximate surface area is 123 Å². The molecule has 0 saturated heterocycles. The molecule has 0 N–H and O–H groups in total. The lowest BCUT2D eigenvalue weighted by atomic mass is 9.97. The fraction of sp³-hybridized carbons (Fsp3) is 0.0526. The Bertz CT molecular complexity index is 952. The van der Waals surface area contributed by atoms with Crippen molar-refractivity contribution < 1.29 is 0 Å². The zero-order valence-electron chi connectivity index (χ0n) is 11.7. The van der Waals surface area contributed by atoms with Crippen LogP contribution in [0.15, 0.2) is 67.0 Å². The Kier molecular flexibility index (Phi) is 2.68. The van der Waals surface area contributed by atoms with Crippen LogP contribution in [0.2, 0.25) is 0 Å². The van der Waals surface area contributed by atoms with Crippen LogP contribution in [0.4, 0.5) is 0 Å². The number of hydrogen-bond acceptors (Lipinski definition) is 2. The first kappa shape index (κ1) is 12.0. The smallest absolute Gasteiger partial charge is 0.116 e. The van der Waals surface area contributed by atoms with E-state index in [0.717, 1.165) is 16.6 Å². The molecule has 4 rings (SSSR count). The average Bonchev–Trinajstić information content (AvgIpc) is 2.53. The Morgan fingerprint density at radius 1 is 0.762 bits per heavy atom. The molecule has 0 atom stereocenters. The minimum atomic E-state index is 0.980. The molecule has 0 radical (unpaired) electrons. The second-order valence-corrected chi connectivity index (χ2v) is 5.27. The number of hydrogen-bond donors (Lipinski definition) is 0. The van der Waals surface area contributed by atoms with Crippen molar-refractivity contribution in [1.82, 2.24) is 9.97 Å². The summed E-state index contributed by atoms with van der Waals surface area (Å²) in [7, 11) is 0. The average molecular weight is 270 g/mol. The van der Waals surface area contributed by atoms with Crippen molar-refractivity contribution >= 4 is 21.7 Å². The highest BCUT2D eigenvalue weighted by molar-refractivity contribution is 6.03. The van der Waals surface area contributed by atoms with Gasteiger partial charge in [-0.25, -0.2) is 9.97 Å². The molecule has 0 aliphatic carbocycles. The Hall–Kier alpha value is -2.74. The van der Waals surface area contributed by atoms with Gasteiger partial charge >= 0.3 is 0 Å². The molecule has 2 nitrogen and oxygen atoms in total. The number of rotatable bonds is 1. The second-order valence-electron chi connectivity index (χ2n) is 5.27. The predicted molar refractivity (Wildman–Crippen MR) is 87.2 cm³/mol. The number of aromatic nitrogens is 2. The number of benzene rings is 3. The monoisotopic (exact) mass is 270 g/mol. The van der Waals surface area contributed by atoms with Crippen molar-refractivity contribution in [2.75, 3.05) is 0 Å². The van der Waals surface area contributed by atoms with E-state index in [0.29, 0.717) is 0 Å². The van der Waals surface area contributed by atoms with Gasteiger partial charge in [-0.2, -0.15) is 0 Å². The molecule has 1 aromatic heterocycles. The molecule has 21 heavy (non-hydrogen) atoms. The molecule has 100 valence electrons. The van der Waals surface area contributed by atoms with Crippen LogP contribution in [-0.4, -0.2) is 9.97 Å². The van der Waals surface area contributed by atoms with E-state index in [4.69, 9.17) is 0 Å². The highest BCUT2D eigenvalue weighted by atomic mass is 14.8. The van der Waals surface area contributed by atoms with Crippen LogP contribution in [0.1, 0.15) is 5.56 Å². The quantitative estimate of drug-likeness (QED) is 0.498. The first-order valence-corrected chi connectivity index (χ1v) is 7.02. The molecule has 0 aliphatic rings. The summed E-state index contributed by atoms with van der Waals surface area (Å²) in [5.74, 6) is 0. The van der Waals surface area contributed by atoms with Gasteiger partial charge in [0.25, 0.3) is 0 Å². The molecule has 0 aliphatic heterocycles. The van der Waals surface area contributed by atoms with Gasteiger partial charge in [0.15, 0.2) is 0 Å². The Balaban J connectivity index is 2.14. The van der Waals surface area contributed by atoms with E-state index in [1.54, 1.807) is 6.33 Å². The third-order valence-electron chi connectivity index (χ3n) is 3.80. The molecule has 1 heterocycles. The van der Waals surface area contributed by atoms with Gasteiger partial charge in [0.05, 0.1) is 11.2 Å². The molecule has 4 aromatic rings. The molecule has 0 fully saturated rings. The maximum absolute atomic E-state index is 4.56. The van der Waals surface area contributed by atoms with E-state index >= 15 is 0 Å². The molecule has 0 unspecified atom stereocenters. The fourth-order valence-corrected chi connectivity index (χ4v) is 2.88. The van der Waals surface area contributed by atoms with Gasteiger partial charge in [-0.05, 0) is 35.4 Å². The molecular formula is C19H14N2. The predicted octanol–water partition coefficient (Wildman–Crippen LogP) is 4.76. The SMILES string of the molecule is Cc1cc(-c2ncnc3ccccc23)c2ccccc2c1. The summed E-state index contributed by atoms with van der Waals surface area (Å²) in [6, 6.07) is 21.0. The van der Waals surface area contributed by atoms with Gasteiger partial charge in [-0.15, -0.1) is 0 Å². The van der Waals surface area contributed by atoms with Gasteiger partial charge < -0.3 is 0 Å². The lowest BCUT2D eigenvalue weighted by Gasteiger charge is -2.10. The third-order valence-corrected chi connectivity index (χ3v) is 3.80. The zero-order valence-corrected chi connectivity index (χ0v) is 11.7. The van der Waals surface area contributed by atoms with E-state index in [2.05, 4.69) is 59.4 Å². The van der Waals surface area contributed by atoms with Crippen LogP contribution in [0.5, 0.6) is 0 Å². The van der Waals surface area contributed by atoms with Crippen molar-refractivity contribution in [3.63, 3.8) is 0 Å². The largest absolute Gasteiger partial charge is 0.236 e. The minimum Gasteiger partial charge on any atom is -0.236 e. The summed E-state index contributed by atoms with van der Waals surface area (Å²) >= 11 is 0. The van der Waals surface area contributed by atoms with Crippen molar-refractivity contribution in [2.45, 2.75) is 6.92 Å². The van der Waals surface area contributed by atoms with Crippen LogP contribution in [0.25, 0.3) is 32.9 Å². The van der Waals surface area contributed by atoms with Gasteiger partial charge in [0.2, 0.25) is 0 Å². The van der Waals surface area contributed by atoms with Crippen molar-refractivity contribution in [3.05, 3.63) is 72.6 Å². The van der Waals surface area contributed by atoms with E-state index < -0.39 is 0 Å². The van der Waals surface area contributed by atoms with E-state index in [1.165, 1.54) is 21.9 Å². The van der Waals surface area contributed by atoms with Crippen LogP contribution < -0.4 is 0 Å². The molecular weight excluding hydrogens is 256 g/mol. The summed E-state index contributed by atoms with van der Waals surface area (Å²) in [4.78, 5) is 8.92. The van der Waals surface area contributed by atoms with E-state index in [-0.39, 0.29) is 0 Å². The van der Waals surface area contributed by atoms with Crippen LogP contribution in [0.3, 0.4) is 0 Å². The zero-order chi connectivity index (χ0) is 14.2. The normalized spacial score (nSPS) is 11.1. The summed E-state index contributed by atoms with van der Waals surface area (Å²) in [6.07, 6.45) is 1.65. The highest BCUT2D eigenvalue weighted by Gasteiger charge is 2.10.